The Bertz CT molecular complexity index is 705. The molecule has 4 rings (SSSR count). The Morgan fingerprint density at radius 2 is 1.87 bits per heavy atom. The van der Waals surface area contributed by atoms with Crippen LogP contribution in [0.2, 0.25) is 0 Å². The first-order valence-corrected chi connectivity index (χ1v) is 8.03. The summed E-state index contributed by atoms with van der Waals surface area (Å²) in [5.41, 5.74) is 2.79. The van der Waals surface area contributed by atoms with Gasteiger partial charge in [-0.1, -0.05) is 42.5 Å². The molecule has 2 unspecified atom stereocenters. The van der Waals surface area contributed by atoms with E-state index in [0.717, 1.165) is 29.8 Å². The summed E-state index contributed by atoms with van der Waals surface area (Å²) < 4.78 is 6.02. The van der Waals surface area contributed by atoms with Crippen LogP contribution in [0, 0.1) is 0 Å². The molecule has 4 heteroatoms. The van der Waals surface area contributed by atoms with Crippen molar-refractivity contribution in [3.63, 3.8) is 0 Å². The molecule has 2 aliphatic heterocycles. The number of rotatable bonds is 2. The zero-order valence-corrected chi connectivity index (χ0v) is 13.1. The normalized spacial score (nSPS) is 25.2. The van der Waals surface area contributed by atoms with E-state index >= 15 is 0 Å². The molecule has 2 aromatic rings. The number of ether oxygens (including phenoxy) is 1. The van der Waals surface area contributed by atoms with Crippen molar-refractivity contribution < 1.29 is 9.53 Å². The van der Waals surface area contributed by atoms with Crippen molar-refractivity contribution in [2.75, 3.05) is 13.6 Å². The van der Waals surface area contributed by atoms with Gasteiger partial charge >= 0.3 is 0 Å². The Morgan fingerprint density at radius 3 is 2.57 bits per heavy atom. The van der Waals surface area contributed by atoms with E-state index in [-0.39, 0.29) is 11.8 Å². The lowest BCUT2D eigenvalue weighted by Gasteiger charge is -2.47. The first-order chi connectivity index (χ1) is 11.3. The summed E-state index contributed by atoms with van der Waals surface area (Å²) in [5.74, 6) is 0.858. The van der Waals surface area contributed by atoms with Gasteiger partial charge in [0, 0.05) is 18.5 Å². The molecule has 2 aliphatic rings. The minimum absolute atomic E-state index is 0.0419. The summed E-state index contributed by atoms with van der Waals surface area (Å²) in [6, 6.07) is 16.3. The molecular weight excluding hydrogens is 288 g/mol. The largest absolute Gasteiger partial charge is 0.489 e. The van der Waals surface area contributed by atoms with Gasteiger partial charge < -0.3 is 15.4 Å². The molecule has 0 aliphatic carbocycles. The maximum atomic E-state index is 12.7. The molecule has 0 aromatic heterocycles. The number of amides is 1. The number of carbonyl (C=O) groups excluding carboxylic acids is 1. The molecule has 1 fully saturated rings. The number of fused-ring (bicyclic) bond motifs is 2. The van der Waals surface area contributed by atoms with E-state index in [1.807, 2.05) is 30.3 Å². The topological polar surface area (TPSA) is 50.4 Å². The Morgan fingerprint density at radius 1 is 1.17 bits per heavy atom. The molecule has 2 heterocycles. The Kier molecular flexibility index (Phi) is 3.34. The van der Waals surface area contributed by atoms with Crippen LogP contribution in [0.1, 0.15) is 29.0 Å². The van der Waals surface area contributed by atoms with Crippen molar-refractivity contribution >= 4 is 5.91 Å². The molecule has 23 heavy (non-hydrogen) atoms. The molecule has 0 spiro atoms. The van der Waals surface area contributed by atoms with E-state index in [1.165, 1.54) is 5.56 Å². The van der Waals surface area contributed by atoms with Crippen LogP contribution in [-0.4, -0.2) is 25.0 Å². The molecule has 1 saturated heterocycles. The fraction of sp³-hybridized carbons (Fsp3) is 0.316. The molecule has 1 amide bonds. The summed E-state index contributed by atoms with van der Waals surface area (Å²) in [6.45, 7) is 1.39. The van der Waals surface area contributed by atoms with Gasteiger partial charge in [-0.2, -0.15) is 0 Å². The highest BCUT2D eigenvalue weighted by Crippen LogP contribution is 2.46. The first-order valence-electron chi connectivity index (χ1n) is 8.03. The second-order valence-corrected chi connectivity index (χ2v) is 6.19. The van der Waals surface area contributed by atoms with Crippen LogP contribution in [0.3, 0.4) is 0 Å². The average molecular weight is 308 g/mol. The Hall–Kier alpha value is -2.33. The van der Waals surface area contributed by atoms with Crippen LogP contribution in [0.15, 0.2) is 48.5 Å². The fourth-order valence-electron chi connectivity index (χ4n) is 3.84. The van der Waals surface area contributed by atoms with Crippen LogP contribution >= 0.6 is 0 Å². The van der Waals surface area contributed by atoms with Crippen LogP contribution in [0.25, 0.3) is 0 Å². The van der Waals surface area contributed by atoms with Crippen LogP contribution in [0.4, 0.5) is 0 Å². The van der Waals surface area contributed by atoms with Gasteiger partial charge in [-0.05, 0) is 30.2 Å². The lowest BCUT2D eigenvalue weighted by Crippen LogP contribution is -2.68. The van der Waals surface area contributed by atoms with E-state index < -0.39 is 5.54 Å². The number of hydrogen-bond donors (Lipinski definition) is 2. The first kappa shape index (κ1) is 14.3. The van der Waals surface area contributed by atoms with E-state index in [4.69, 9.17) is 4.74 Å². The number of carbonyl (C=O) groups is 1. The molecule has 118 valence electrons. The van der Waals surface area contributed by atoms with Crippen LogP contribution in [-0.2, 0) is 11.4 Å². The number of benzene rings is 2. The van der Waals surface area contributed by atoms with E-state index in [2.05, 4.69) is 28.8 Å². The molecule has 0 bridgehead atoms. The van der Waals surface area contributed by atoms with Gasteiger partial charge in [0.15, 0.2) is 0 Å². The van der Waals surface area contributed by atoms with Crippen LogP contribution in [0.5, 0.6) is 5.75 Å². The number of para-hydroxylation sites is 1. The highest BCUT2D eigenvalue weighted by molar-refractivity contribution is 5.89. The summed E-state index contributed by atoms with van der Waals surface area (Å²) in [5, 5.41) is 6.27. The predicted molar refractivity (Wildman–Crippen MR) is 88.5 cm³/mol. The summed E-state index contributed by atoms with van der Waals surface area (Å²) >= 11 is 0. The highest BCUT2D eigenvalue weighted by Gasteiger charge is 2.52. The third kappa shape index (κ3) is 2.05. The molecule has 2 atom stereocenters. The molecule has 2 N–H and O–H groups in total. The number of likely N-dealkylation sites (N-methyl/N-ethyl adjacent to an activating group) is 1. The van der Waals surface area contributed by atoms with Gasteiger partial charge in [0.2, 0.25) is 5.91 Å². The number of hydrogen-bond acceptors (Lipinski definition) is 3. The second kappa shape index (κ2) is 5.39. The molecule has 0 saturated carbocycles. The van der Waals surface area contributed by atoms with Crippen LogP contribution < -0.4 is 15.4 Å². The average Bonchev–Trinajstić information content (AvgIpc) is 2.72. The third-order valence-electron chi connectivity index (χ3n) is 5.06. The standard InChI is InChI=1S/C19H20N2O2/c1-20-18(22)19(10-11-21-19)17-14-7-3-2-6-13(14)12-23-16-9-5-4-8-15(16)17/h2-9,17,21H,10-12H2,1H3,(H,20,22). The van der Waals surface area contributed by atoms with E-state index in [0.29, 0.717) is 6.61 Å². The van der Waals surface area contributed by atoms with Crippen molar-refractivity contribution in [2.45, 2.75) is 24.5 Å². The third-order valence-corrected chi connectivity index (χ3v) is 5.06. The van der Waals surface area contributed by atoms with Gasteiger partial charge in [-0.15, -0.1) is 0 Å². The molecule has 2 aromatic carbocycles. The maximum Gasteiger partial charge on any atom is 0.241 e. The minimum atomic E-state index is -0.603. The molecule has 0 radical (unpaired) electrons. The second-order valence-electron chi connectivity index (χ2n) is 6.19. The lowest BCUT2D eigenvalue weighted by molar-refractivity contribution is -0.130. The summed E-state index contributed by atoms with van der Waals surface area (Å²) in [7, 11) is 1.70. The van der Waals surface area contributed by atoms with E-state index in [1.54, 1.807) is 7.05 Å². The Balaban J connectivity index is 1.95. The zero-order valence-electron chi connectivity index (χ0n) is 13.1. The smallest absolute Gasteiger partial charge is 0.241 e. The molecule has 4 nitrogen and oxygen atoms in total. The minimum Gasteiger partial charge on any atom is -0.489 e. The highest BCUT2D eigenvalue weighted by atomic mass is 16.5. The quantitative estimate of drug-likeness (QED) is 0.894. The molecular formula is C19H20N2O2. The monoisotopic (exact) mass is 308 g/mol. The predicted octanol–water partition coefficient (Wildman–Crippen LogP) is 2.19. The summed E-state index contributed by atoms with van der Waals surface area (Å²) in [6.07, 6.45) is 0.819. The van der Waals surface area contributed by atoms with Crippen molar-refractivity contribution in [1.82, 2.24) is 10.6 Å². The van der Waals surface area contributed by atoms with Gasteiger partial charge in [-0.3, -0.25) is 4.79 Å². The van der Waals surface area contributed by atoms with Crippen molar-refractivity contribution in [3.05, 3.63) is 65.2 Å². The van der Waals surface area contributed by atoms with Gasteiger partial charge in [0.25, 0.3) is 0 Å². The van der Waals surface area contributed by atoms with Gasteiger partial charge in [0.05, 0.1) is 0 Å². The Labute approximate surface area is 135 Å². The SMILES string of the molecule is CNC(=O)C1(C2c3ccccc3COc3ccccc32)CCN1. The van der Waals surface area contributed by atoms with Crippen molar-refractivity contribution in [2.24, 2.45) is 0 Å². The van der Waals surface area contributed by atoms with Gasteiger partial charge in [-0.25, -0.2) is 0 Å². The van der Waals surface area contributed by atoms with Crippen molar-refractivity contribution in [1.29, 1.82) is 0 Å². The zero-order chi connectivity index (χ0) is 15.9. The fourth-order valence-corrected chi connectivity index (χ4v) is 3.84. The van der Waals surface area contributed by atoms with Crippen molar-refractivity contribution in [3.8, 4) is 5.75 Å². The van der Waals surface area contributed by atoms with E-state index in [9.17, 15) is 4.79 Å². The lowest BCUT2D eigenvalue weighted by atomic mass is 9.68. The van der Waals surface area contributed by atoms with Gasteiger partial charge in [0.1, 0.15) is 17.9 Å². The number of nitrogens with one attached hydrogen (secondary N) is 2. The maximum absolute atomic E-state index is 12.7. The summed E-state index contributed by atoms with van der Waals surface area (Å²) in [4.78, 5) is 12.7.